The van der Waals surface area contributed by atoms with Gasteiger partial charge in [0.1, 0.15) is 12.4 Å². The van der Waals surface area contributed by atoms with Crippen LogP contribution in [-0.2, 0) is 0 Å². The van der Waals surface area contributed by atoms with Crippen LogP contribution in [0, 0.1) is 20.2 Å². The van der Waals surface area contributed by atoms with E-state index in [-0.39, 0.29) is 24.6 Å². The maximum absolute atomic E-state index is 12.3. The smallest absolute Gasteiger partial charge is 0.277 e. The third kappa shape index (κ3) is 5.11. The summed E-state index contributed by atoms with van der Waals surface area (Å²) < 4.78 is 12.3. The summed E-state index contributed by atoms with van der Waals surface area (Å²) in [6.07, 6.45) is 0. The van der Waals surface area contributed by atoms with Gasteiger partial charge in [0.15, 0.2) is 11.5 Å². The van der Waals surface area contributed by atoms with Gasteiger partial charge >= 0.3 is 0 Å². The first-order chi connectivity index (χ1) is 16.9. The zero-order valence-electron chi connectivity index (χ0n) is 18.2. The van der Waals surface area contributed by atoms with Crippen molar-refractivity contribution in [3.63, 3.8) is 0 Å². The first-order valence-corrected chi connectivity index (χ1v) is 10.1. The molecule has 2 heterocycles. The molecule has 4 aromatic rings. The Kier molecular flexibility index (Phi) is 6.44. The van der Waals surface area contributed by atoms with E-state index in [0.29, 0.717) is 17.2 Å². The number of nitro groups is 2. The van der Waals surface area contributed by atoms with Crippen LogP contribution in [0.2, 0.25) is 0 Å². The normalized spacial score (nSPS) is 10.7. The Morgan fingerprint density at radius 1 is 1.00 bits per heavy atom. The fourth-order valence-corrected chi connectivity index (χ4v) is 3.13. The van der Waals surface area contributed by atoms with E-state index in [0.717, 1.165) is 23.8 Å². The lowest BCUT2D eigenvalue weighted by atomic mass is 10.1. The minimum absolute atomic E-state index is 0.0151. The summed E-state index contributed by atoms with van der Waals surface area (Å²) in [5.41, 5.74) is -0.0523. The van der Waals surface area contributed by atoms with Crippen molar-refractivity contribution < 1.29 is 24.1 Å². The van der Waals surface area contributed by atoms with E-state index < -0.39 is 27.1 Å². The molecule has 0 unspecified atom stereocenters. The van der Waals surface area contributed by atoms with Crippen molar-refractivity contribution in [3.8, 4) is 23.0 Å². The summed E-state index contributed by atoms with van der Waals surface area (Å²) in [6.45, 7) is 0.0316. The van der Waals surface area contributed by atoms with E-state index in [1.54, 1.807) is 31.4 Å². The molecule has 0 aliphatic carbocycles. The molecule has 1 amide bonds. The molecule has 0 aliphatic rings. The molecular weight excluding hydrogens is 462 g/mol. The molecule has 0 atom stereocenters. The number of ether oxygens (including phenoxy) is 2. The standard InChI is InChI=1S/C21H17N7O7/c1-34-17-4-2-13(3-5-17)20-24-23-18-6-7-19(25-26(18)20)35-9-8-22-21(29)14-10-15(27(30)31)12-16(11-14)28(32)33/h2-7,10-12H,8-9H2,1H3,(H,22,29). The minimum atomic E-state index is -0.806. The molecule has 1 N–H and O–H groups in total. The molecular formula is C21H17N7O7. The number of nitrogens with one attached hydrogen (secondary N) is 1. The highest BCUT2D eigenvalue weighted by Gasteiger charge is 2.19. The average molecular weight is 479 g/mol. The van der Waals surface area contributed by atoms with Crippen LogP contribution in [-0.4, -0.2) is 55.8 Å². The molecule has 14 heteroatoms. The molecule has 35 heavy (non-hydrogen) atoms. The number of methoxy groups -OCH3 is 1. The lowest BCUT2D eigenvalue weighted by molar-refractivity contribution is -0.394. The number of non-ortho nitro benzene ring substituents is 2. The third-order valence-corrected chi connectivity index (χ3v) is 4.81. The minimum Gasteiger partial charge on any atom is -0.497 e. The number of fused-ring (bicyclic) bond motifs is 1. The van der Waals surface area contributed by atoms with Crippen LogP contribution in [0.4, 0.5) is 11.4 Å². The van der Waals surface area contributed by atoms with Gasteiger partial charge in [0.2, 0.25) is 5.88 Å². The van der Waals surface area contributed by atoms with Gasteiger partial charge in [0.05, 0.1) is 35.1 Å². The summed E-state index contributed by atoms with van der Waals surface area (Å²) in [7, 11) is 1.57. The number of carbonyl (C=O) groups is 1. The van der Waals surface area contributed by atoms with E-state index in [9.17, 15) is 25.0 Å². The largest absolute Gasteiger partial charge is 0.497 e. The topological polar surface area (TPSA) is 177 Å². The maximum atomic E-state index is 12.3. The van der Waals surface area contributed by atoms with E-state index in [4.69, 9.17) is 9.47 Å². The van der Waals surface area contributed by atoms with E-state index in [1.807, 2.05) is 12.1 Å². The molecule has 0 saturated carbocycles. The first kappa shape index (κ1) is 23.0. The Bertz CT molecular complexity index is 1390. The van der Waals surface area contributed by atoms with Crippen LogP contribution in [0.25, 0.3) is 17.0 Å². The van der Waals surface area contributed by atoms with Gasteiger partial charge < -0.3 is 14.8 Å². The van der Waals surface area contributed by atoms with Gasteiger partial charge in [0, 0.05) is 23.8 Å². The van der Waals surface area contributed by atoms with Gasteiger partial charge in [-0.1, -0.05) is 0 Å². The van der Waals surface area contributed by atoms with Crippen LogP contribution in [0.15, 0.2) is 54.6 Å². The molecule has 14 nitrogen and oxygen atoms in total. The Balaban J connectivity index is 1.41. The van der Waals surface area contributed by atoms with Crippen molar-refractivity contribution >= 4 is 22.9 Å². The van der Waals surface area contributed by atoms with Crippen LogP contribution >= 0.6 is 0 Å². The fourth-order valence-electron chi connectivity index (χ4n) is 3.13. The second-order valence-electron chi connectivity index (χ2n) is 7.05. The fraction of sp³-hybridized carbons (Fsp3) is 0.143. The number of hydrogen-bond acceptors (Lipinski definition) is 10. The Morgan fingerprint density at radius 3 is 2.31 bits per heavy atom. The van der Waals surface area contributed by atoms with Crippen molar-refractivity contribution in [2.75, 3.05) is 20.3 Å². The lowest BCUT2D eigenvalue weighted by Crippen LogP contribution is -2.28. The third-order valence-electron chi connectivity index (χ3n) is 4.81. The second kappa shape index (κ2) is 9.78. The number of nitro benzene ring substituents is 2. The highest BCUT2D eigenvalue weighted by atomic mass is 16.6. The van der Waals surface area contributed by atoms with Gasteiger partial charge in [-0.2, -0.15) is 4.52 Å². The molecule has 0 saturated heterocycles. The Morgan fingerprint density at radius 2 is 1.69 bits per heavy atom. The molecule has 2 aromatic carbocycles. The maximum Gasteiger partial charge on any atom is 0.277 e. The van der Waals surface area contributed by atoms with Crippen molar-refractivity contribution in [2.24, 2.45) is 0 Å². The molecule has 178 valence electrons. The number of hydrogen-bond donors (Lipinski definition) is 1. The first-order valence-electron chi connectivity index (χ1n) is 10.1. The predicted molar refractivity (Wildman–Crippen MR) is 120 cm³/mol. The second-order valence-corrected chi connectivity index (χ2v) is 7.05. The quantitative estimate of drug-likeness (QED) is 0.213. The molecule has 0 aliphatic heterocycles. The molecule has 0 bridgehead atoms. The summed E-state index contributed by atoms with van der Waals surface area (Å²) in [4.78, 5) is 32.7. The highest BCUT2D eigenvalue weighted by molar-refractivity contribution is 5.95. The number of carbonyl (C=O) groups excluding carboxylic acids is 1. The number of aromatic nitrogens is 4. The van der Waals surface area contributed by atoms with Crippen LogP contribution in [0.1, 0.15) is 10.4 Å². The van der Waals surface area contributed by atoms with Crippen molar-refractivity contribution in [1.29, 1.82) is 0 Å². The summed E-state index contributed by atoms with van der Waals surface area (Å²) in [5, 5.41) is 37.1. The molecule has 2 aromatic heterocycles. The van der Waals surface area contributed by atoms with Gasteiger partial charge in [-0.25, -0.2) is 0 Å². The van der Waals surface area contributed by atoms with Gasteiger partial charge in [0.25, 0.3) is 17.3 Å². The van der Waals surface area contributed by atoms with Crippen molar-refractivity contribution in [1.82, 2.24) is 25.1 Å². The Hall–Kier alpha value is -5.14. The van der Waals surface area contributed by atoms with Gasteiger partial charge in [-0.3, -0.25) is 25.0 Å². The average Bonchev–Trinajstić information content (AvgIpc) is 3.29. The summed E-state index contributed by atoms with van der Waals surface area (Å²) in [5.74, 6) is 0.715. The zero-order valence-corrected chi connectivity index (χ0v) is 18.2. The van der Waals surface area contributed by atoms with E-state index in [2.05, 4.69) is 20.6 Å². The summed E-state index contributed by atoms with van der Waals surface area (Å²) in [6, 6.07) is 13.2. The predicted octanol–water partition coefficient (Wildman–Crippen LogP) is 2.43. The molecule has 0 radical (unpaired) electrons. The van der Waals surface area contributed by atoms with Crippen LogP contribution < -0.4 is 14.8 Å². The lowest BCUT2D eigenvalue weighted by Gasteiger charge is -2.08. The SMILES string of the molecule is COc1ccc(-c2nnc3ccc(OCCNC(=O)c4cc([N+](=O)[O-])cc([N+](=O)[O-])c4)nn23)cc1. The molecule has 0 spiro atoms. The summed E-state index contributed by atoms with van der Waals surface area (Å²) >= 11 is 0. The highest BCUT2D eigenvalue weighted by Crippen LogP contribution is 2.23. The number of rotatable bonds is 9. The van der Waals surface area contributed by atoms with E-state index in [1.165, 1.54) is 4.52 Å². The van der Waals surface area contributed by atoms with Crippen molar-refractivity contribution in [3.05, 3.63) is 80.4 Å². The number of nitrogens with zero attached hydrogens (tertiary/aromatic N) is 6. The molecule has 4 rings (SSSR count). The number of benzene rings is 2. The van der Waals surface area contributed by atoms with Crippen molar-refractivity contribution in [2.45, 2.75) is 0 Å². The van der Waals surface area contributed by atoms with Crippen LogP contribution in [0.5, 0.6) is 11.6 Å². The van der Waals surface area contributed by atoms with E-state index >= 15 is 0 Å². The van der Waals surface area contributed by atoms with Crippen LogP contribution in [0.3, 0.4) is 0 Å². The van der Waals surface area contributed by atoms with Gasteiger partial charge in [-0.05, 0) is 30.3 Å². The molecule has 0 fully saturated rings. The monoisotopic (exact) mass is 479 g/mol. The number of amides is 1. The zero-order chi connectivity index (χ0) is 24.9. The van der Waals surface area contributed by atoms with Gasteiger partial charge in [-0.15, -0.1) is 15.3 Å². The Labute approximate surface area is 196 Å².